The van der Waals surface area contributed by atoms with E-state index in [1.54, 1.807) is 7.11 Å². The van der Waals surface area contributed by atoms with E-state index in [-0.39, 0.29) is 0 Å². The molecule has 11 heavy (non-hydrogen) atoms. The molecule has 1 saturated heterocycles. The van der Waals surface area contributed by atoms with Crippen LogP contribution in [0.4, 0.5) is 0 Å². The molecule has 1 N–H and O–H groups in total. The zero-order valence-corrected chi connectivity index (χ0v) is 7.12. The number of methoxy groups -OCH3 is 1. The molecule has 1 aliphatic heterocycles. The maximum absolute atomic E-state index is 8.95. The van der Waals surface area contributed by atoms with Gasteiger partial charge in [-0.25, -0.2) is 0 Å². The van der Waals surface area contributed by atoms with Crippen LogP contribution in [0, 0.1) is 0 Å². The minimum absolute atomic E-state index is 0.295. The third kappa shape index (κ3) is 2.43. The molecule has 1 rings (SSSR count). The van der Waals surface area contributed by atoms with Crippen molar-refractivity contribution in [3.63, 3.8) is 0 Å². The van der Waals surface area contributed by atoms with Crippen molar-refractivity contribution >= 4 is 0 Å². The summed E-state index contributed by atoms with van der Waals surface area (Å²) < 4.78 is 4.97. The molecule has 0 aromatic rings. The van der Waals surface area contributed by atoms with Gasteiger partial charge in [0, 0.05) is 19.7 Å². The quantitative estimate of drug-likeness (QED) is 0.631. The van der Waals surface area contributed by atoms with Crippen molar-refractivity contribution < 1.29 is 9.84 Å². The first kappa shape index (κ1) is 8.97. The zero-order chi connectivity index (χ0) is 8.10. The van der Waals surface area contributed by atoms with Crippen molar-refractivity contribution in [3.05, 3.63) is 0 Å². The summed E-state index contributed by atoms with van der Waals surface area (Å²) in [6.07, 6.45) is 2.36. The number of aliphatic hydroxyl groups is 1. The van der Waals surface area contributed by atoms with Gasteiger partial charge >= 0.3 is 0 Å². The monoisotopic (exact) mass is 159 g/mol. The molecule has 0 aromatic heterocycles. The second-order valence-electron chi connectivity index (χ2n) is 3.01. The van der Waals surface area contributed by atoms with Crippen LogP contribution < -0.4 is 0 Å². The van der Waals surface area contributed by atoms with Crippen LogP contribution >= 0.6 is 0 Å². The molecule has 0 radical (unpaired) electrons. The first-order chi connectivity index (χ1) is 5.38. The van der Waals surface area contributed by atoms with Crippen LogP contribution in [0.15, 0.2) is 0 Å². The van der Waals surface area contributed by atoms with Gasteiger partial charge in [0.25, 0.3) is 0 Å². The van der Waals surface area contributed by atoms with Crippen LogP contribution in [0.1, 0.15) is 12.8 Å². The van der Waals surface area contributed by atoms with Crippen LogP contribution in [0.3, 0.4) is 0 Å². The Kier molecular flexibility index (Phi) is 3.83. The predicted octanol–water partition coefficient (Wildman–Crippen LogP) is 0.0895. The zero-order valence-electron chi connectivity index (χ0n) is 7.12. The van der Waals surface area contributed by atoms with E-state index in [0.29, 0.717) is 12.6 Å². The number of nitrogens with zero attached hydrogens (tertiary/aromatic N) is 1. The summed E-state index contributed by atoms with van der Waals surface area (Å²) in [7, 11) is 1.71. The number of hydrogen-bond acceptors (Lipinski definition) is 3. The number of rotatable bonds is 4. The summed E-state index contributed by atoms with van der Waals surface area (Å²) in [6, 6.07) is 0.394. The van der Waals surface area contributed by atoms with Crippen LogP contribution in [0.25, 0.3) is 0 Å². The summed E-state index contributed by atoms with van der Waals surface area (Å²) >= 11 is 0. The summed E-state index contributed by atoms with van der Waals surface area (Å²) in [6.45, 7) is 3.15. The highest BCUT2D eigenvalue weighted by Crippen LogP contribution is 2.15. The topological polar surface area (TPSA) is 32.7 Å². The summed E-state index contributed by atoms with van der Waals surface area (Å²) in [5.41, 5.74) is 0. The number of ether oxygens (including phenoxy) is 1. The second kappa shape index (κ2) is 4.70. The van der Waals surface area contributed by atoms with Gasteiger partial charge in [-0.1, -0.05) is 0 Å². The first-order valence-electron chi connectivity index (χ1n) is 4.22. The lowest BCUT2D eigenvalue weighted by atomic mass is 10.2. The van der Waals surface area contributed by atoms with Crippen molar-refractivity contribution in [2.45, 2.75) is 18.9 Å². The van der Waals surface area contributed by atoms with E-state index in [0.717, 1.165) is 26.1 Å². The fourth-order valence-corrected chi connectivity index (χ4v) is 1.60. The molecular weight excluding hydrogens is 142 g/mol. The Morgan fingerprint density at radius 1 is 1.64 bits per heavy atom. The average molecular weight is 159 g/mol. The van der Waals surface area contributed by atoms with Crippen molar-refractivity contribution in [2.24, 2.45) is 0 Å². The summed E-state index contributed by atoms with van der Waals surface area (Å²) in [4.78, 5) is 2.30. The lowest BCUT2D eigenvalue weighted by Gasteiger charge is -2.21. The SMILES string of the molecule is COCCN1CCC[C@@H]1CO. The predicted molar refractivity (Wildman–Crippen MR) is 43.6 cm³/mol. The minimum Gasteiger partial charge on any atom is -0.395 e. The molecule has 0 spiro atoms. The third-order valence-corrected chi connectivity index (χ3v) is 2.29. The molecule has 1 heterocycles. The highest BCUT2D eigenvalue weighted by atomic mass is 16.5. The Balaban J connectivity index is 2.20. The maximum atomic E-state index is 8.95. The highest BCUT2D eigenvalue weighted by molar-refractivity contribution is 4.77. The maximum Gasteiger partial charge on any atom is 0.0589 e. The molecule has 0 aliphatic carbocycles. The Morgan fingerprint density at radius 2 is 2.45 bits per heavy atom. The van der Waals surface area contributed by atoms with Gasteiger partial charge < -0.3 is 9.84 Å². The van der Waals surface area contributed by atoms with Crippen molar-refractivity contribution in [3.8, 4) is 0 Å². The molecular formula is C8H17NO2. The van der Waals surface area contributed by atoms with E-state index < -0.39 is 0 Å². The molecule has 1 atom stereocenters. The lowest BCUT2D eigenvalue weighted by molar-refractivity contribution is 0.113. The van der Waals surface area contributed by atoms with Gasteiger partial charge in [0.15, 0.2) is 0 Å². The van der Waals surface area contributed by atoms with Gasteiger partial charge in [-0.2, -0.15) is 0 Å². The Labute approximate surface area is 68.0 Å². The highest BCUT2D eigenvalue weighted by Gasteiger charge is 2.22. The fraction of sp³-hybridized carbons (Fsp3) is 1.00. The largest absolute Gasteiger partial charge is 0.395 e. The number of hydrogen-bond donors (Lipinski definition) is 1. The Bertz CT molecular complexity index is 108. The minimum atomic E-state index is 0.295. The molecule has 66 valence electrons. The second-order valence-corrected chi connectivity index (χ2v) is 3.01. The van der Waals surface area contributed by atoms with E-state index in [2.05, 4.69) is 4.90 Å². The fourth-order valence-electron chi connectivity index (χ4n) is 1.60. The van der Waals surface area contributed by atoms with E-state index in [1.807, 2.05) is 0 Å². The van der Waals surface area contributed by atoms with E-state index in [4.69, 9.17) is 9.84 Å². The molecule has 0 saturated carbocycles. The molecule has 1 fully saturated rings. The molecule has 3 nitrogen and oxygen atoms in total. The van der Waals surface area contributed by atoms with Gasteiger partial charge in [-0.05, 0) is 19.4 Å². The summed E-state index contributed by atoms with van der Waals surface area (Å²) in [5.74, 6) is 0. The van der Waals surface area contributed by atoms with E-state index in [9.17, 15) is 0 Å². The smallest absolute Gasteiger partial charge is 0.0589 e. The first-order valence-corrected chi connectivity index (χ1v) is 4.22. The van der Waals surface area contributed by atoms with Crippen LogP contribution in [-0.2, 0) is 4.74 Å². The standard InChI is InChI=1S/C8H17NO2/c1-11-6-5-9-4-2-3-8(9)7-10/h8,10H,2-7H2,1H3/t8-/m1/s1. The van der Waals surface area contributed by atoms with E-state index >= 15 is 0 Å². The normalized spacial score (nSPS) is 26.2. The van der Waals surface area contributed by atoms with Crippen molar-refractivity contribution in [1.82, 2.24) is 4.90 Å². The van der Waals surface area contributed by atoms with Crippen molar-refractivity contribution in [2.75, 3.05) is 33.4 Å². The molecule has 3 heteroatoms. The number of aliphatic hydroxyl groups excluding tert-OH is 1. The van der Waals surface area contributed by atoms with Gasteiger partial charge in [-0.3, -0.25) is 4.90 Å². The van der Waals surface area contributed by atoms with E-state index in [1.165, 1.54) is 6.42 Å². The van der Waals surface area contributed by atoms with Crippen LogP contribution in [0.5, 0.6) is 0 Å². The number of likely N-dealkylation sites (tertiary alicyclic amines) is 1. The molecule has 0 aromatic carbocycles. The molecule has 0 unspecified atom stereocenters. The van der Waals surface area contributed by atoms with Crippen molar-refractivity contribution in [1.29, 1.82) is 0 Å². The van der Waals surface area contributed by atoms with Crippen LogP contribution in [0.2, 0.25) is 0 Å². The lowest BCUT2D eigenvalue weighted by Crippen LogP contribution is -2.34. The van der Waals surface area contributed by atoms with Crippen LogP contribution in [-0.4, -0.2) is 49.5 Å². The molecule has 0 bridgehead atoms. The average Bonchev–Trinajstić information content (AvgIpc) is 2.47. The third-order valence-electron chi connectivity index (χ3n) is 2.29. The Hall–Kier alpha value is -0.120. The van der Waals surface area contributed by atoms with Gasteiger partial charge in [0.2, 0.25) is 0 Å². The van der Waals surface area contributed by atoms with Gasteiger partial charge in [0.05, 0.1) is 13.2 Å². The summed E-state index contributed by atoms with van der Waals surface area (Å²) in [5, 5.41) is 8.95. The molecule has 1 aliphatic rings. The van der Waals surface area contributed by atoms with Gasteiger partial charge in [-0.15, -0.1) is 0 Å². The molecule has 0 amide bonds. The van der Waals surface area contributed by atoms with Gasteiger partial charge in [0.1, 0.15) is 0 Å². The Morgan fingerprint density at radius 3 is 3.09 bits per heavy atom.